The quantitative estimate of drug-likeness (QED) is 0.779. The van der Waals surface area contributed by atoms with Crippen LogP contribution in [0.15, 0.2) is 42.5 Å². The first-order valence-electron chi connectivity index (χ1n) is 8.52. The van der Waals surface area contributed by atoms with E-state index in [1.165, 1.54) is 0 Å². The van der Waals surface area contributed by atoms with E-state index in [9.17, 15) is 9.90 Å². The zero-order valence-electron chi connectivity index (χ0n) is 14.1. The second kappa shape index (κ2) is 6.29. The maximum atomic E-state index is 12.7. The molecule has 0 atom stereocenters. The van der Waals surface area contributed by atoms with Crippen molar-refractivity contribution in [1.82, 2.24) is 19.5 Å². The van der Waals surface area contributed by atoms with Crippen LogP contribution in [0.2, 0.25) is 0 Å². The molecule has 4 rings (SSSR count). The molecular weight excluding hydrogens is 316 g/mol. The topological polar surface area (TPSA) is 70.7 Å². The Labute approximate surface area is 145 Å². The van der Waals surface area contributed by atoms with Crippen LogP contribution in [0.1, 0.15) is 29.0 Å². The van der Waals surface area contributed by atoms with Crippen molar-refractivity contribution in [3.05, 3.63) is 53.9 Å². The third-order valence-electron chi connectivity index (χ3n) is 4.65. The van der Waals surface area contributed by atoms with Crippen molar-refractivity contribution in [2.24, 2.45) is 0 Å². The van der Waals surface area contributed by atoms with Crippen molar-refractivity contribution in [3.63, 3.8) is 0 Å². The highest BCUT2D eigenvalue weighted by atomic mass is 16.3. The number of nitrogens with zero attached hydrogens (tertiary/aromatic N) is 4. The number of carbonyl (C=O) groups is 1. The first-order chi connectivity index (χ1) is 12.1. The number of likely N-dealkylation sites (tertiary alicyclic amines) is 1. The highest BCUT2D eigenvalue weighted by Crippen LogP contribution is 2.20. The van der Waals surface area contributed by atoms with Crippen molar-refractivity contribution in [1.29, 1.82) is 0 Å². The van der Waals surface area contributed by atoms with Crippen molar-refractivity contribution in [2.75, 3.05) is 13.1 Å². The number of carbonyl (C=O) groups excluding carboxylic acids is 1. The Morgan fingerprint density at radius 1 is 1.16 bits per heavy atom. The van der Waals surface area contributed by atoms with E-state index in [1.807, 2.05) is 43.3 Å². The molecule has 1 N–H and O–H groups in total. The van der Waals surface area contributed by atoms with Crippen LogP contribution in [-0.4, -0.2) is 49.7 Å². The first-order valence-corrected chi connectivity index (χ1v) is 8.52. The molecule has 1 saturated heterocycles. The highest BCUT2D eigenvalue weighted by molar-refractivity contribution is 5.93. The number of fused-ring (bicyclic) bond motifs is 1. The van der Waals surface area contributed by atoms with E-state index in [-0.39, 0.29) is 12.0 Å². The molecule has 128 valence electrons. The third-order valence-corrected chi connectivity index (χ3v) is 4.65. The second-order valence-electron chi connectivity index (χ2n) is 6.47. The van der Waals surface area contributed by atoms with E-state index >= 15 is 0 Å². The maximum Gasteiger partial charge on any atom is 0.274 e. The van der Waals surface area contributed by atoms with Gasteiger partial charge in [0.15, 0.2) is 11.3 Å². The lowest BCUT2D eigenvalue weighted by Gasteiger charge is -2.28. The van der Waals surface area contributed by atoms with Crippen LogP contribution in [0.25, 0.3) is 16.9 Å². The summed E-state index contributed by atoms with van der Waals surface area (Å²) in [6.45, 7) is 3.09. The average molecular weight is 336 g/mol. The zero-order chi connectivity index (χ0) is 17.4. The van der Waals surface area contributed by atoms with Crippen LogP contribution in [0.4, 0.5) is 0 Å². The Hall–Kier alpha value is -2.73. The molecule has 3 aromatic rings. The van der Waals surface area contributed by atoms with Crippen LogP contribution >= 0.6 is 0 Å². The summed E-state index contributed by atoms with van der Waals surface area (Å²) >= 11 is 0. The standard InChI is InChI=1S/C19H20N4O2/c1-13-11-16(14-5-3-2-4-6-14)20-18-12-17(21-23(13)18)19(25)22-9-7-15(24)8-10-22/h2-6,11-12,15,24H,7-10H2,1H3. The molecule has 1 amide bonds. The van der Waals surface area contributed by atoms with Crippen LogP contribution < -0.4 is 0 Å². The normalized spacial score (nSPS) is 15.7. The van der Waals surface area contributed by atoms with Crippen molar-refractivity contribution in [2.45, 2.75) is 25.9 Å². The Morgan fingerprint density at radius 2 is 1.88 bits per heavy atom. The molecule has 1 aromatic carbocycles. The van der Waals surface area contributed by atoms with Gasteiger partial charge in [0.25, 0.3) is 5.91 Å². The predicted octanol–water partition coefficient (Wildman–Crippen LogP) is 2.30. The van der Waals surface area contributed by atoms with Gasteiger partial charge in [0, 0.05) is 30.4 Å². The Morgan fingerprint density at radius 3 is 2.60 bits per heavy atom. The number of hydrogen-bond acceptors (Lipinski definition) is 4. The third kappa shape index (κ3) is 3.00. The molecule has 0 unspecified atom stereocenters. The van der Waals surface area contributed by atoms with Gasteiger partial charge in [-0.25, -0.2) is 9.50 Å². The lowest BCUT2D eigenvalue weighted by atomic mass is 10.1. The Kier molecular flexibility index (Phi) is 3.97. The Bertz CT molecular complexity index is 912. The zero-order valence-corrected chi connectivity index (χ0v) is 14.1. The summed E-state index contributed by atoms with van der Waals surface area (Å²) in [5, 5.41) is 14.0. The summed E-state index contributed by atoms with van der Waals surface area (Å²) in [5.74, 6) is -0.0990. The summed E-state index contributed by atoms with van der Waals surface area (Å²) in [6.07, 6.45) is 0.936. The molecule has 2 aromatic heterocycles. The number of hydrogen-bond donors (Lipinski definition) is 1. The SMILES string of the molecule is Cc1cc(-c2ccccc2)nc2cc(C(=O)N3CCC(O)CC3)nn12. The number of amides is 1. The highest BCUT2D eigenvalue weighted by Gasteiger charge is 2.24. The number of aliphatic hydroxyl groups excluding tert-OH is 1. The fourth-order valence-electron chi connectivity index (χ4n) is 3.22. The van der Waals surface area contributed by atoms with E-state index in [2.05, 4.69) is 10.1 Å². The largest absolute Gasteiger partial charge is 0.393 e. The van der Waals surface area contributed by atoms with E-state index in [4.69, 9.17) is 0 Å². The molecule has 0 radical (unpaired) electrons. The predicted molar refractivity (Wildman–Crippen MR) is 94.3 cm³/mol. The molecule has 1 aliphatic rings. The van der Waals surface area contributed by atoms with Gasteiger partial charge in [0.05, 0.1) is 11.8 Å². The number of aliphatic hydroxyl groups is 1. The van der Waals surface area contributed by atoms with Crippen molar-refractivity contribution in [3.8, 4) is 11.3 Å². The molecule has 1 aliphatic heterocycles. The van der Waals surface area contributed by atoms with Gasteiger partial charge in [-0.05, 0) is 25.8 Å². The number of piperidine rings is 1. The fraction of sp³-hybridized carbons (Fsp3) is 0.316. The molecule has 0 spiro atoms. The lowest BCUT2D eigenvalue weighted by Crippen LogP contribution is -2.40. The van der Waals surface area contributed by atoms with Gasteiger partial charge in [-0.1, -0.05) is 30.3 Å². The van der Waals surface area contributed by atoms with E-state index < -0.39 is 0 Å². The molecular formula is C19H20N4O2. The van der Waals surface area contributed by atoms with Crippen LogP contribution in [0, 0.1) is 6.92 Å². The van der Waals surface area contributed by atoms with Gasteiger partial charge in [-0.15, -0.1) is 0 Å². The summed E-state index contributed by atoms with van der Waals surface area (Å²) in [5.41, 5.74) is 3.89. The minimum absolute atomic E-state index is 0.0990. The number of aryl methyl sites for hydroxylation is 1. The van der Waals surface area contributed by atoms with E-state index in [0.29, 0.717) is 37.3 Å². The van der Waals surface area contributed by atoms with Gasteiger partial charge >= 0.3 is 0 Å². The van der Waals surface area contributed by atoms with Crippen LogP contribution in [0.3, 0.4) is 0 Å². The van der Waals surface area contributed by atoms with Gasteiger partial charge in [0.1, 0.15) is 0 Å². The van der Waals surface area contributed by atoms with Gasteiger partial charge in [0.2, 0.25) is 0 Å². The van der Waals surface area contributed by atoms with Gasteiger partial charge in [-0.2, -0.15) is 5.10 Å². The van der Waals surface area contributed by atoms with E-state index in [0.717, 1.165) is 17.0 Å². The van der Waals surface area contributed by atoms with Crippen molar-refractivity contribution < 1.29 is 9.90 Å². The summed E-state index contributed by atoms with van der Waals surface area (Å²) in [7, 11) is 0. The molecule has 1 fully saturated rings. The molecule has 0 aliphatic carbocycles. The molecule has 25 heavy (non-hydrogen) atoms. The van der Waals surface area contributed by atoms with Gasteiger partial charge < -0.3 is 10.0 Å². The monoisotopic (exact) mass is 336 g/mol. The van der Waals surface area contributed by atoms with Crippen molar-refractivity contribution >= 4 is 11.6 Å². The number of aromatic nitrogens is 3. The summed E-state index contributed by atoms with van der Waals surface area (Å²) in [4.78, 5) is 19.1. The first kappa shape index (κ1) is 15.8. The molecule has 3 heterocycles. The number of benzene rings is 1. The second-order valence-corrected chi connectivity index (χ2v) is 6.47. The van der Waals surface area contributed by atoms with Gasteiger partial charge in [-0.3, -0.25) is 4.79 Å². The number of rotatable bonds is 2. The molecule has 6 nitrogen and oxygen atoms in total. The van der Waals surface area contributed by atoms with E-state index in [1.54, 1.807) is 15.5 Å². The average Bonchev–Trinajstić information content (AvgIpc) is 3.07. The minimum atomic E-state index is -0.303. The maximum absolute atomic E-state index is 12.7. The Balaban J connectivity index is 1.68. The van der Waals surface area contributed by atoms with Crippen LogP contribution in [0.5, 0.6) is 0 Å². The molecule has 0 bridgehead atoms. The molecule has 6 heteroatoms. The summed E-state index contributed by atoms with van der Waals surface area (Å²) < 4.78 is 1.71. The smallest absolute Gasteiger partial charge is 0.274 e. The minimum Gasteiger partial charge on any atom is -0.393 e. The lowest BCUT2D eigenvalue weighted by molar-refractivity contribution is 0.0541. The fourth-order valence-corrected chi connectivity index (χ4v) is 3.22. The van der Waals surface area contributed by atoms with Crippen LogP contribution in [-0.2, 0) is 0 Å². The molecule has 0 saturated carbocycles. The summed E-state index contributed by atoms with van der Waals surface area (Å²) in [6, 6.07) is 13.7.